The minimum Gasteiger partial charge on any atom is -0.294 e. The molecule has 2 nitrogen and oxygen atoms in total. The first kappa shape index (κ1) is 12.1. The smallest absolute Gasteiger partial charge is 0.167 e. The van der Waals surface area contributed by atoms with Crippen LogP contribution in [0.4, 0.5) is 0 Å². The minimum absolute atomic E-state index is 0.00318. The van der Waals surface area contributed by atoms with Crippen molar-refractivity contribution in [2.75, 3.05) is 0 Å². The lowest BCUT2D eigenvalue weighted by atomic mass is 10.0. The van der Waals surface area contributed by atoms with E-state index < -0.39 is 0 Å². The quantitative estimate of drug-likeness (QED) is 0.624. The molecule has 0 atom stereocenters. The monoisotopic (exact) mass is 265 g/mol. The van der Waals surface area contributed by atoms with Gasteiger partial charge in [0.1, 0.15) is 5.15 Å². The second-order valence-corrected chi connectivity index (χ2v) is 4.42. The second kappa shape index (κ2) is 5.30. The maximum Gasteiger partial charge on any atom is 0.167 e. The highest BCUT2D eigenvalue weighted by atomic mass is 35.5. The van der Waals surface area contributed by atoms with Crippen molar-refractivity contribution in [2.45, 2.75) is 6.42 Å². The fourth-order valence-electron chi connectivity index (χ4n) is 1.51. The summed E-state index contributed by atoms with van der Waals surface area (Å²) < 4.78 is 0. The number of halogens is 2. The number of rotatable bonds is 3. The van der Waals surface area contributed by atoms with E-state index in [-0.39, 0.29) is 5.78 Å². The molecular weight excluding hydrogens is 257 g/mol. The summed E-state index contributed by atoms with van der Waals surface area (Å²) in [5.74, 6) is -0.00318. The van der Waals surface area contributed by atoms with Gasteiger partial charge in [-0.25, -0.2) is 4.98 Å². The normalized spacial score (nSPS) is 10.2. The van der Waals surface area contributed by atoms with Gasteiger partial charge >= 0.3 is 0 Å². The van der Waals surface area contributed by atoms with Gasteiger partial charge in [0.15, 0.2) is 5.78 Å². The number of hydrogen-bond donors (Lipinski definition) is 0. The van der Waals surface area contributed by atoms with Crippen LogP contribution in [0.25, 0.3) is 0 Å². The van der Waals surface area contributed by atoms with Crippen molar-refractivity contribution in [1.29, 1.82) is 0 Å². The Balaban J connectivity index is 2.17. The standard InChI is InChI=1S/C13H9Cl2NO/c14-11-3-1-2-9(6-11)7-12(17)10-4-5-16-13(15)8-10/h1-6,8H,7H2. The fraction of sp³-hybridized carbons (Fsp3) is 0.0769. The van der Waals surface area contributed by atoms with Crippen molar-refractivity contribution in [3.8, 4) is 0 Å². The van der Waals surface area contributed by atoms with Crippen molar-refractivity contribution < 1.29 is 4.79 Å². The molecule has 2 aromatic rings. The molecule has 4 heteroatoms. The molecule has 0 unspecified atom stereocenters. The Kier molecular flexibility index (Phi) is 3.77. The first-order valence-corrected chi connectivity index (χ1v) is 5.80. The molecule has 0 saturated heterocycles. The Hall–Kier alpha value is -1.38. The molecule has 0 aliphatic heterocycles. The molecule has 0 saturated carbocycles. The van der Waals surface area contributed by atoms with E-state index in [4.69, 9.17) is 23.2 Å². The Morgan fingerprint density at radius 3 is 2.71 bits per heavy atom. The number of carbonyl (C=O) groups is 1. The van der Waals surface area contributed by atoms with Crippen LogP contribution in [0, 0.1) is 0 Å². The molecule has 0 fully saturated rings. The van der Waals surface area contributed by atoms with Crippen LogP contribution in [0.2, 0.25) is 10.2 Å². The number of Topliss-reactive ketones (excluding diaryl/α,β-unsaturated/α-hetero) is 1. The van der Waals surface area contributed by atoms with Gasteiger partial charge in [-0.05, 0) is 29.8 Å². The Morgan fingerprint density at radius 1 is 1.18 bits per heavy atom. The highest BCUT2D eigenvalue weighted by Crippen LogP contribution is 2.14. The molecule has 0 spiro atoms. The number of benzene rings is 1. The van der Waals surface area contributed by atoms with Crippen LogP contribution in [-0.4, -0.2) is 10.8 Å². The number of hydrogen-bond acceptors (Lipinski definition) is 2. The molecule has 1 aromatic carbocycles. The van der Waals surface area contributed by atoms with Gasteiger partial charge in [0, 0.05) is 23.2 Å². The van der Waals surface area contributed by atoms with Crippen LogP contribution in [0.1, 0.15) is 15.9 Å². The molecule has 0 bridgehead atoms. The zero-order valence-corrected chi connectivity index (χ0v) is 10.4. The van der Waals surface area contributed by atoms with Crippen molar-refractivity contribution in [3.63, 3.8) is 0 Å². The van der Waals surface area contributed by atoms with E-state index in [0.29, 0.717) is 22.2 Å². The lowest BCUT2D eigenvalue weighted by molar-refractivity contribution is 0.0993. The Bertz CT molecular complexity index is 555. The van der Waals surface area contributed by atoms with Crippen LogP contribution in [0.15, 0.2) is 42.6 Å². The summed E-state index contributed by atoms with van der Waals surface area (Å²) in [7, 11) is 0. The van der Waals surface area contributed by atoms with Gasteiger partial charge in [0.05, 0.1) is 0 Å². The fourth-order valence-corrected chi connectivity index (χ4v) is 1.90. The second-order valence-electron chi connectivity index (χ2n) is 3.60. The van der Waals surface area contributed by atoms with Gasteiger partial charge in [-0.15, -0.1) is 0 Å². The predicted molar refractivity (Wildman–Crippen MR) is 68.7 cm³/mol. The third-order valence-electron chi connectivity index (χ3n) is 2.30. The van der Waals surface area contributed by atoms with Crippen LogP contribution in [0.3, 0.4) is 0 Å². The highest BCUT2D eigenvalue weighted by Gasteiger charge is 2.08. The van der Waals surface area contributed by atoms with Gasteiger partial charge < -0.3 is 0 Å². The predicted octanol–water partition coefficient (Wildman–Crippen LogP) is 3.81. The van der Waals surface area contributed by atoms with Crippen LogP contribution < -0.4 is 0 Å². The molecule has 86 valence electrons. The highest BCUT2D eigenvalue weighted by molar-refractivity contribution is 6.30. The topological polar surface area (TPSA) is 30.0 Å². The summed E-state index contributed by atoms with van der Waals surface area (Å²) in [6.07, 6.45) is 1.83. The average Bonchev–Trinajstić information content (AvgIpc) is 2.29. The van der Waals surface area contributed by atoms with E-state index in [2.05, 4.69) is 4.98 Å². The van der Waals surface area contributed by atoms with Crippen molar-refractivity contribution in [1.82, 2.24) is 4.98 Å². The molecule has 0 radical (unpaired) electrons. The van der Waals surface area contributed by atoms with Crippen LogP contribution in [-0.2, 0) is 6.42 Å². The summed E-state index contributed by atoms with van der Waals surface area (Å²) in [4.78, 5) is 15.8. The lowest BCUT2D eigenvalue weighted by Gasteiger charge is -2.02. The minimum atomic E-state index is -0.00318. The molecule has 0 aliphatic rings. The molecule has 1 aromatic heterocycles. The van der Waals surface area contributed by atoms with Crippen LogP contribution in [0.5, 0.6) is 0 Å². The van der Waals surface area contributed by atoms with Gasteiger partial charge in [-0.3, -0.25) is 4.79 Å². The maximum absolute atomic E-state index is 11.9. The van der Waals surface area contributed by atoms with Gasteiger partial charge in [-0.1, -0.05) is 35.3 Å². The van der Waals surface area contributed by atoms with Gasteiger partial charge in [0.2, 0.25) is 0 Å². The Labute approximate surface area is 109 Å². The summed E-state index contributed by atoms with van der Waals surface area (Å²) in [6, 6.07) is 10.5. The Morgan fingerprint density at radius 2 is 2.00 bits per heavy atom. The maximum atomic E-state index is 11.9. The largest absolute Gasteiger partial charge is 0.294 e. The van der Waals surface area contributed by atoms with E-state index in [1.807, 2.05) is 12.1 Å². The molecule has 1 heterocycles. The van der Waals surface area contributed by atoms with E-state index in [0.717, 1.165) is 5.56 Å². The molecule has 17 heavy (non-hydrogen) atoms. The number of nitrogens with zero attached hydrogens (tertiary/aromatic N) is 1. The van der Waals surface area contributed by atoms with E-state index in [9.17, 15) is 4.79 Å². The zero-order chi connectivity index (χ0) is 12.3. The molecule has 0 N–H and O–H groups in total. The van der Waals surface area contributed by atoms with E-state index in [1.165, 1.54) is 6.20 Å². The first-order valence-electron chi connectivity index (χ1n) is 5.04. The van der Waals surface area contributed by atoms with Crippen molar-refractivity contribution >= 4 is 29.0 Å². The molecule has 2 rings (SSSR count). The van der Waals surface area contributed by atoms with E-state index in [1.54, 1.807) is 24.3 Å². The molecule has 0 amide bonds. The molecule has 0 aliphatic carbocycles. The summed E-state index contributed by atoms with van der Waals surface area (Å²) in [6.45, 7) is 0. The van der Waals surface area contributed by atoms with Gasteiger partial charge in [-0.2, -0.15) is 0 Å². The van der Waals surface area contributed by atoms with E-state index >= 15 is 0 Å². The first-order chi connectivity index (χ1) is 8.15. The number of carbonyl (C=O) groups excluding carboxylic acids is 1. The van der Waals surface area contributed by atoms with Gasteiger partial charge in [0.25, 0.3) is 0 Å². The summed E-state index contributed by atoms with van der Waals surface area (Å²) >= 11 is 11.6. The third kappa shape index (κ3) is 3.29. The summed E-state index contributed by atoms with van der Waals surface area (Å²) in [5, 5.41) is 0.949. The lowest BCUT2D eigenvalue weighted by Crippen LogP contribution is -2.03. The number of ketones is 1. The zero-order valence-electron chi connectivity index (χ0n) is 8.86. The number of aromatic nitrogens is 1. The summed E-state index contributed by atoms with van der Waals surface area (Å²) in [5.41, 5.74) is 1.44. The van der Waals surface area contributed by atoms with Crippen molar-refractivity contribution in [2.24, 2.45) is 0 Å². The third-order valence-corrected chi connectivity index (χ3v) is 2.74. The average molecular weight is 266 g/mol. The SMILES string of the molecule is O=C(Cc1cccc(Cl)c1)c1ccnc(Cl)c1. The van der Waals surface area contributed by atoms with Crippen molar-refractivity contribution in [3.05, 3.63) is 63.9 Å². The molecular formula is C13H9Cl2NO. The number of pyridine rings is 1. The van der Waals surface area contributed by atoms with Crippen LogP contribution >= 0.6 is 23.2 Å².